The Morgan fingerprint density at radius 2 is 1.65 bits per heavy atom. The lowest BCUT2D eigenvalue weighted by Gasteiger charge is -2.30. The second-order valence-electron chi connectivity index (χ2n) is 5.18. The van der Waals surface area contributed by atoms with Gasteiger partial charge in [-0.1, -0.05) is 30.3 Å². The van der Waals surface area contributed by atoms with Crippen molar-refractivity contribution in [1.29, 1.82) is 0 Å². The quantitative estimate of drug-likeness (QED) is 0.576. The Labute approximate surface area is 131 Å². The molecular weight excluding hydrogens is 294 g/mol. The number of para-hydroxylation sites is 2. The molecule has 2 aromatic carbocycles. The van der Waals surface area contributed by atoms with Crippen LogP contribution in [0.1, 0.15) is 0 Å². The summed E-state index contributed by atoms with van der Waals surface area (Å²) in [6, 6.07) is 16.2. The molecule has 114 valence electrons. The Morgan fingerprint density at radius 1 is 0.913 bits per heavy atom. The zero-order chi connectivity index (χ0) is 15.8. The van der Waals surface area contributed by atoms with Gasteiger partial charge in [-0.25, -0.2) is 0 Å². The standard InChI is InChI=1S/C16H13N5O2/c22-20-14-7-3-4-8-15(14)21(23)19-16(20)18-12-9-11-5-1-2-6-13(11)17-10-12/h1-10,20-21H,(H,18,19). The summed E-state index contributed by atoms with van der Waals surface area (Å²) in [6.07, 6.45) is 1.61. The van der Waals surface area contributed by atoms with Crippen molar-refractivity contribution in [2.45, 2.75) is 0 Å². The summed E-state index contributed by atoms with van der Waals surface area (Å²) in [6.45, 7) is 0. The van der Waals surface area contributed by atoms with Gasteiger partial charge in [-0.15, -0.1) is 0 Å². The first kappa shape index (κ1) is 13.8. The van der Waals surface area contributed by atoms with Crippen molar-refractivity contribution in [3.8, 4) is 0 Å². The van der Waals surface area contributed by atoms with Gasteiger partial charge in [0.15, 0.2) is 0 Å². The van der Waals surface area contributed by atoms with Crippen molar-refractivity contribution in [2.75, 3.05) is 5.32 Å². The number of guanidine groups is 1. The highest BCUT2D eigenvalue weighted by Crippen LogP contribution is 2.17. The molecule has 7 heteroatoms. The van der Waals surface area contributed by atoms with Gasteiger partial charge < -0.3 is 10.4 Å². The minimum Gasteiger partial charge on any atom is -0.621 e. The topological polar surface area (TPSA) is 92.3 Å². The van der Waals surface area contributed by atoms with Gasteiger partial charge in [-0.2, -0.15) is 5.17 Å². The third kappa shape index (κ3) is 2.43. The molecule has 2 unspecified atom stereocenters. The molecular formula is C16H13N5O2. The van der Waals surface area contributed by atoms with E-state index < -0.39 is 5.17 Å². The van der Waals surface area contributed by atoms with Gasteiger partial charge in [0.25, 0.3) is 0 Å². The molecule has 7 nitrogen and oxygen atoms in total. The van der Waals surface area contributed by atoms with Crippen molar-refractivity contribution in [1.82, 2.24) is 4.98 Å². The summed E-state index contributed by atoms with van der Waals surface area (Å²) in [5.41, 5.74) is 2.17. The van der Waals surface area contributed by atoms with Crippen molar-refractivity contribution in [3.63, 3.8) is 0 Å². The largest absolute Gasteiger partial charge is 0.621 e. The van der Waals surface area contributed by atoms with Crippen LogP contribution in [0.25, 0.3) is 10.9 Å². The molecule has 1 aliphatic heterocycles. The molecule has 0 radical (unpaired) electrons. The summed E-state index contributed by atoms with van der Waals surface area (Å²) < 4.78 is 0. The number of hydroxylamine groups is 1. The third-order valence-corrected chi connectivity index (χ3v) is 3.68. The first-order valence-corrected chi connectivity index (χ1v) is 7.11. The smallest absolute Gasteiger partial charge is 0.358 e. The number of hydrogen-bond acceptors (Lipinski definition) is 5. The van der Waals surface area contributed by atoms with Crippen LogP contribution in [0.5, 0.6) is 0 Å². The fourth-order valence-corrected chi connectivity index (χ4v) is 2.57. The number of fused-ring (bicyclic) bond motifs is 2. The van der Waals surface area contributed by atoms with Crippen molar-refractivity contribution in [3.05, 3.63) is 71.2 Å². The normalized spacial score (nSPS) is 20.0. The number of rotatable bonds is 1. The Morgan fingerprint density at radius 3 is 2.52 bits per heavy atom. The molecule has 0 aliphatic carbocycles. The Balaban J connectivity index is 1.68. The van der Waals surface area contributed by atoms with E-state index in [1.807, 2.05) is 30.3 Å². The second-order valence-corrected chi connectivity index (χ2v) is 5.18. The fraction of sp³-hybridized carbons (Fsp3) is 0. The van der Waals surface area contributed by atoms with Crippen LogP contribution < -0.4 is 15.6 Å². The minimum absolute atomic E-state index is 0.0192. The van der Waals surface area contributed by atoms with Crippen molar-refractivity contribution < 1.29 is 10.2 Å². The molecule has 0 saturated heterocycles. The van der Waals surface area contributed by atoms with Crippen LogP contribution in [0.3, 0.4) is 0 Å². The highest BCUT2D eigenvalue weighted by molar-refractivity contribution is 5.92. The Kier molecular flexibility index (Phi) is 3.25. The van der Waals surface area contributed by atoms with Crippen LogP contribution in [0, 0.1) is 10.4 Å². The van der Waals surface area contributed by atoms with Crippen LogP contribution in [0.4, 0.5) is 17.1 Å². The highest BCUT2D eigenvalue weighted by atomic mass is 16.5. The molecule has 3 aromatic rings. The third-order valence-electron chi connectivity index (χ3n) is 3.68. The van der Waals surface area contributed by atoms with E-state index in [1.165, 1.54) is 0 Å². The van der Waals surface area contributed by atoms with E-state index in [0.29, 0.717) is 17.1 Å². The van der Waals surface area contributed by atoms with E-state index in [0.717, 1.165) is 10.9 Å². The number of anilines is 1. The molecule has 0 amide bonds. The molecule has 0 saturated carbocycles. The fourth-order valence-electron chi connectivity index (χ4n) is 2.57. The first-order chi connectivity index (χ1) is 11.2. The van der Waals surface area contributed by atoms with Crippen LogP contribution in [0.15, 0.2) is 65.9 Å². The number of pyridine rings is 1. The zero-order valence-corrected chi connectivity index (χ0v) is 12.0. The molecule has 0 fully saturated rings. The molecule has 1 aliphatic rings. The van der Waals surface area contributed by atoms with E-state index in [4.69, 9.17) is 0 Å². The summed E-state index contributed by atoms with van der Waals surface area (Å²) >= 11 is 0. The van der Waals surface area contributed by atoms with Gasteiger partial charge >= 0.3 is 5.96 Å². The molecule has 3 N–H and O–H groups in total. The van der Waals surface area contributed by atoms with Gasteiger partial charge in [0, 0.05) is 22.6 Å². The van der Waals surface area contributed by atoms with E-state index in [9.17, 15) is 10.4 Å². The van der Waals surface area contributed by atoms with E-state index >= 15 is 0 Å². The maximum Gasteiger partial charge on any atom is 0.358 e. The Bertz CT molecular complexity index is 912. The Hall–Kier alpha value is -2.84. The number of hydrogen-bond donors (Lipinski definition) is 3. The van der Waals surface area contributed by atoms with Crippen molar-refractivity contribution >= 4 is 33.9 Å². The predicted octanol–water partition coefficient (Wildman–Crippen LogP) is 0.660. The molecule has 2 heterocycles. The van der Waals surface area contributed by atoms with Crippen LogP contribution >= 0.6 is 0 Å². The van der Waals surface area contributed by atoms with Crippen LogP contribution in [-0.2, 0) is 0 Å². The van der Waals surface area contributed by atoms with Gasteiger partial charge in [-0.05, 0) is 12.1 Å². The number of quaternary nitrogens is 2. The SMILES string of the molecule is [O-][NH+]1N=C(Nc2cnc3ccccc3c2)[NH+]([O-])c2ccccc21. The summed E-state index contributed by atoms with van der Waals surface area (Å²) in [5.74, 6) is 0.0192. The second kappa shape index (κ2) is 5.41. The van der Waals surface area contributed by atoms with Gasteiger partial charge in [0.2, 0.25) is 11.4 Å². The minimum atomic E-state index is -0.420. The average Bonchev–Trinajstić information content (AvgIpc) is 2.59. The maximum absolute atomic E-state index is 12.5. The van der Waals surface area contributed by atoms with Gasteiger partial charge in [0.05, 0.1) is 17.4 Å². The van der Waals surface area contributed by atoms with Gasteiger partial charge in [0.1, 0.15) is 0 Å². The highest BCUT2D eigenvalue weighted by Gasteiger charge is 2.27. The molecule has 0 bridgehead atoms. The monoisotopic (exact) mass is 307 g/mol. The summed E-state index contributed by atoms with van der Waals surface area (Å²) in [7, 11) is 0. The average molecular weight is 307 g/mol. The predicted molar refractivity (Wildman–Crippen MR) is 87.2 cm³/mol. The molecule has 0 spiro atoms. The van der Waals surface area contributed by atoms with E-state index in [1.54, 1.807) is 30.5 Å². The number of aromatic nitrogens is 1. The molecule has 2 atom stereocenters. The van der Waals surface area contributed by atoms with Crippen molar-refractivity contribution in [2.24, 2.45) is 5.10 Å². The number of nitrogens with zero attached hydrogens (tertiary/aromatic N) is 2. The lowest BCUT2D eigenvalue weighted by Crippen LogP contribution is -3.14. The number of nitrogens with one attached hydrogen (secondary N) is 3. The van der Waals surface area contributed by atoms with Gasteiger partial charge in [-0.3, -0.25) is 15.4 Å². The van der Waals surface area contributed by atoms with E-state index in [2.05, 4.69) is 15.4 Å². The lowest BCUT2D eigenvalue weighted by atomic mass is 10.2. The van der Waals surface area contributed by atoms with Crippen LogP contribution in [-0.4, -0.2) is 10.9 Å². The molecule has 1 aromatic heterocycles. The summed E-state index contributed by atoms with van der Waals surface area (Å²) in [4.78, 5) is 4.32. The zero-order valence-electron chi connectivity index (χ0n) is 12.0. The van der Waals surface area contributed by atoms with E-state index in [-0.39, 0.29) is 11.0 Å². The summed E-state index contributed by atoms with van der Waals surface area (Å²) in [5, 5.41) is 31.5. The number of benzene rings is 2. The van der Waals surface area contributed by atoms with Crippen LogP contribution in [0.2, 0.25) is 0 Å². The first-order valence-electron chi connectivity index (χ1n) is 7.11. The lowest BCUT2D eigenvalue weighted by molar-refractivity contribution is -0.812. The molecule has 23 heavy (non-hydrogen) atoms. The maximum atomic E-state index is 12.5. The molecule has 4 rings (SSSR count).